The number of aromatic nitrogens is 1. The van der Waals surface area contributed by atoms with Gasteiger partial charge < -0.3 is 20.5 Å². The number of hydrogen-bond acceptors (Lipinski definition) is 6. The van der Waals surface area contributed by atoms with Gasteiger partial charge in [0, 0.05) is 10.9 Å². The summed E-state index contributed by atoms with van der Waals surface area (Å²) in [5.74, 6) is 1.13. The molecule has 1 aromatic carbocycles. The molecule has 2 aromatic rings. The van der Waals surface area contributed by atoms with Gasteiger partial charge in [0.1, 0.15) is 0 Å². The fourth-order valence-electron chi connectivity index (χ4n) is 1.95. The van der Waals surface area contributed by atoms with Crippen LogP contribution in [0.3, 0.4) is 0 Å². The number of carbonyl (C=O) groups is 1. The van der Waals surface area contributed by atoms with Crippen molar-refractivity contribution in [1.29, 1.82) is 0 Å². The number of anilines is 1. The number of benzene rings is 1. The summed E-state index contributed by atoms with van der Waals surface area (Å²) in [6.07, 6.45) is 0. The number of hydrogen-bond donors (Lipinski definition) is 2. The number of rotatable bonds is 6. The van der Waals surface area contributed by atoms with E-state index in [4.69, 9.17) is 15.2 Å². The fourth-order valence-corrected chi connectivity index (χ4v) is 2.67. The van der Waals surface area contributed by atoms with E-state index in [1.807, 2.05) is 37.4 Å². The largest absolute Gasteiger partial charge is 0.493 e. The Hall–Kier alpha value is -1.83. The van der Waals surface area contributed by atoms with Crippen LogP contribution in [0.15, 0.2) is 23.6 Å². The molecule has 0 saturated heterocycles. The summed E-state index contributed by atoms with van der Waals surface area (Å²) in [7, 11) is 3.17. The van der Waals surface area contributed by atoms with Crippen molar-refractivity contribution in [1.82, 2.24) is 4.98 Å². The van der Waals surface area contributed by atoms with Crippen LogP contribution < -0.4 is 20.5 Å². The van der Waals surface area contributed by atoms with E-state index in [1.54, 1.807) is 14.2 Å². The van der Waals surface area contributed by atoms with E-state index >= 15 is 0 Å². The number of nitrogens with one attached hydrogen (secondary N) is 1. The third kappa shape index (κ3) is 4.59. The third-order valence-electron chi connectivity index (χ3n) is 3.43. The van der Waals surface area contributed by atoms with Crippen LogP contribution in [0.4, 0.5) is 5.13 Å². The van der Waals surface area contributed by atoms with Crippen LogP contribution >= 0.6 is 23.7 Å². The minimum Gasteiger partial charge on any atom is -0.493 e. The maximum absolute atomic E-state index is 12.0. The lowest BCUT2D eigenvalue weighted by Gasteiger charge is -2.13. The summed E-state index contributed by atoms with van der Waals surface area (Å²) >= 11 is 1.35. The van der Waals surface area contributed by atoms with Crippen molar-refractivity contribution in [3.63, 3.8) is 0 Å². The lowest BCUT2D eigenvalue weighted by molar-refractivity contribution is -0.118. The van der Waals surface area contributed by atoms with Crippen molar-refractivity contribution in [2.45, 2.75) is 19.9 Å². The predicted molar refractivity (Wildman–Crippen MR) is 99.3 cm³/mol. The molecular formula is C16H22ClN3O3S. The average molecular weight is 372 g/mol. The first kappa shape index (κ1) is 20.2. The molecule has 0 spiro atoms. The van der Waals surface area contributed by atoms with Gasteiger partial charge in [-0.1, -0.05) is 13.8 Å². The lowest BCUT2D eigenvalue weighted by atomic mass is 10.1. The van der Waals surface area contributed by atoms with Gasteiger partial charge in [0.15, 0.2) is 16.6 Å². The normalized spacial score (nSPS) is 11.6. The molecule has 1 amide bonds. The quantitative estimate of drug-likeness (QED) is 0.814. The molecule has 0 bridgehead atoms. The molecule has 0 saturated carbocycles. The maximum atomic E-state index is 12.0. The molecule has 0 aliphatic carbocycles. The maximum Gasteiger partial charge on any atom is 0.243 e. The van der Waals surface area contributed by atoms with Crippen molar-refractivity contribution in [2.75, 3.05) is 19.5 Å². The van der Waals surface area contributed by atoms with Crippen molar-refractivity contribution in [3.05, 3.63) is 23.6 Å². The smallest absolute Gasteiger partial charge is 0.243 e. The van der Waals surface area contributed by atoms with Gasteiger partial charge in [0.05, 0.1) is 26.0 Å². The van der Waals surface area contributed by atoms with Gasteiger partial charge in [-0.2, -0.15) is 0 Å². The van der Waals surface area contributed by atoms with Crippen LogP contribution in [0.2, 0.25) is 0 Å². The molecule has 0 radical (unpaired) electrons. The Morgan fingerprint density at radius 3 is 2.50 bits per heavy atom. The van der Waals surface area contributed by atoms with E-state index < -0.39 is 6.04 Å². The number of amides is 1. The summed E-state index contributed by atoms with van der Waals surface area (Å²) < 4.78 is 10.5. The highest BCUT2D eigenvalue weighted by atomic mass is 35.5. The van der Waals surface area contributed by atoms with Crippen LogP contribution in [-0.2, 0) is 4.79 Å². The van der Waals surface area contributed by atoms with E-state index in [1.165, 1.54) is 11.3 Å². The van der Waals surface area contributed by atoms with Crippen LogP contribution in [0.1, 0.15) is 13.8 Å². The summed E-state index contributed by atoms with van der Waals surface area (Å²) in [6, 6.07) is 5.00. The molecule has 1 atom stereocenters. The zero-order valence-electron chi connectivity index (χ0n) is 14.0. The Balaban J connectivity index is 0.00000288. The van der Waals surface area contributed by atoms with Crippen LogP contribution in [0, 0.1) is 5.92 Å². The first-order chi connectivity index (χ1) is 11.0. The Morgan fingerprint density at radius 1 is 1.25 bits per heavy atom. The topological polar surface area (TPSA) is 86.5 Å². The number of carbonyl (C=O) groups excluding carboxylic acids is 1. The Kier molecular flexibility index (Phi) is 7.47. The minimum atomic E-state index is -0.552. The number of thiazole rings is 1. The van der Waals surface area contributed by atoms with Gasteiger partial charge >= 0.3 is 0 Å². The van der Waals surface area contributed by atoms with Gasteiger partial charge in [0.2, 0.25) is 5.91 Å². The predicted octanol–water partition coefficient (Wildman–Crippen LogP) is 3.17. The summed E-state index contributed by atoms with van der Waals surface area (Å²) in [6.45, 7) is 3.81. The van der Waals surface area contributed by atoms with Crippen LogP contribution in [0.5, 0.6) is 11.5 Å². The molecule has 132 valence electrons. The lowest BCUT2D eigenvalue weighted by Crippen LogP contribution is -2.39. The molecular weight excluding hydrogens is 350 g/mol. The molecule has 0 aliphatic heterocycles. The summed E-state index contributed by atoms with van der Waals surface area (Å²) in [5.41, 5.74) is 7.47. The first-order valence-corrected chi connectivity index (χ1v) is 8.08. The molecule has 1 heterocycles. The molecule has 0 fully saturated rings. The molecule has 24 heavy (non-hydrogen) atoms. The van der Waals surface area contributed by atoms with Gasteiger partial charge in [-0.25, -0.2) is 4.98 Å². The standard InChI is InChI=1S/C16H21N3O3S.ClH/c1-9(2)14(17)15(20)19-16-18-11(8-23-16)10-5-6-12(21-3)13(7-10)22-4;/h5-9,14H,17H2,1-4H3,(H,18,19,20);1H. The Morgan fingerprint density at radius 2 is 1.92 bits per heavy atom. The van der Waals surface area contributed by atoms with Gasteiger partial charge in [-0.3, -0.25) is 4.79 Å². The van der Waals surface area contributed by atoms with Gasteiger partial charge in [-0.15, -0.1) is 23.7 Å². The summed E-state index contributed by atoms with van der Waals surface area (Å²) in [5, 5.41) is 5.15. The van der Waals surface area contributed by atoms with Gasteiger partial charge in [0.25, 0.3) is 0 Å². The Labute approximate surface area is 151 Å². The van der Waals surface area contributed by atoms with Crippen molar-refractivity contribution >= 4 is 34.8 Å². The second kappa shape index (κ2) is 8.86. The number of methoxy groups -OCH3 is 2. The molecule has 1 unspecified atom stereocenters. The second-order valence-electron chi connectivity index (χ2n) is 5.37. The van der Waals surface area contributed by atoms with Crippen molar-refractivity contribution in [3.8, 4) is 22.8 Å². The minimum absolute atomic E-state index is 0. The van der Waals surface area contributed by atoms with Crippen LogP contribution in [0.25, 0.3) is 11.3 Å². The molecule has 6 nitrogen and oxygen atoms in total. The molecule has 2 rings (SSSR count). The molecule has 1 aromatic heterocycles. The number of ether oxygens (including phenoxy) is 2. The zero-order valence-corrected chi connectivity index (χ0v) is 15.7. The Bertz CT molecular complexity index is 691. The second-order valence-corrected chi connectivity index (χ2v) is 6.22. The monoisotopic (exact) mass is 371 g/mol. The number of nitrogens with two attached hydrogens (primary N) is 1. The highest BCUT2D eigenvalue weighted by Gasteiger charge is 2.18. The van der Waals surface area contributed by atoms with Crippen molar-refractivity contribution < 1.29 is 14.3 Å². The molecule has 0 aliphatic rings. The van der Waals surface area contributed by atoms with E-state index in [0.29, 0.717) is 16.6 Å². The molecule has 8 heteroatoms. The SMILES string of the molecule is COc1ccc(-c2csc(NC(=O)C(N)C(C)C)n2)cc1OC.Cl. The zero-order chi connectivity index (χ0) is 17.0. The fraction of sp³-hybridized carbons (Fsp3) is 0.375. The van der Waals surface area contributed by atoms with Crippen LogP contribution in [-0.4, -0.2) is 31.2 Å². The number of halogens is 1. The van der Waals surface area contributed by atoms with Gasteiger partial charge in [-0.05, 0) is 24.1 Å². The molecule has 3 N–H and O–H groups in total. The highest BCUT2D eigenvalue weighted by Crippen LogP contribution is 2.33. The first-order valence-electron chi connectivity index (χ1n) is 7.20. The average Bonchev–Trinajstić information content (AvgIpc) is 3.01. The van der Waals surface area contributed by atoms with E-state index in [0.717, 1.165) is 11.3 Å². The highest BCUT2D eigenvalue weighted by molar-refractivity contribution is 7.14. The van der Waals surface area contributed by atoms with E-state index in [2.05, 4.69) is 10.3 Å². The van der Waals surface area contributed by atoms with E-state index in [9.17, 15) is 4.79 Å². The third-order valence-corrected chi connectivity index (χ3v) is 4.19. The number of nitrogens with zero attached hydrogens (tertiary/aromatic N) is 1. The van der Waals surface area contributed by atoms with Crippen molar-refractivity contribution in [2.24, 2.45) is 11.7 Å². The summed E-state index contributed by atoms with van der Waals surface area (Å²) in [4.78, 5) is 16.4. The van der Waals surface area contributed by atoms with E-state index in [-0.39, 0.29) is 24.2 Å².